The summed E-state index contributed by atoms with van der Waals surface area (Å²) in [6, 6.07) is 0. The van der Waals surface area contributed by atoms with Crippen LogP contribution in [0.2, 0.25) is 0 Å². The second kappa shape index (κ2) is 6.05. The molecule has 13 heavy (non-hydrogen) atoms. The highest BCUT2D eigenvalue weighted by Crippen LogP contribution is 1.92. The van der Waals surface area contributed by atoms with E-state index in [2.05, 4.69) is 5.32 Å². The van der Waals surface area contributed by atoms with Crippen LogP contribution in [0.15, 0.2) is 11.4 Å². The number of unbranched alkanes of at least 4 members (excludes halogenated alkanes) is 1. The average Bonchev–Trinajstić information content (AvgIpc) is 2.05. The zero-order valence-electron chi connectivity index (χ0n) is 7.76. The number of primary amides is 1. The normalized spacial score (nSPS) is 11.8. The topological polar surface area (TPSA) is 105 Å². The summed E-state index contributed by atoms with van der Waals surface area (Å²) in [5.41, 5.74) is 10.5. The van der Waals surface area contributed by atoms with Crippen LogP contribution in [0, 0.1) is 5.41 Å². The molecule has 0 heterocycles. The number of carbonyl (C=O) groups excluding carboxylic acids is 1. The van der Waals surface area contributed by atoms with Gasteiger partial charge in [0.15, 0.2) is 0 Å². The number of amides is 1. The van der Waals surface area contributed by atoms with Crippen LogP contribution < -0.4 is 16.8 Å². The monoisotopic (exact) mass is 184 g/mol. The third-order valence-electron chi connectivity index (χ3n) is 1.55. The first-order chi connectivity index (χ1) is 6.13. The lowest BCUT2D eigenvalue weighted by molar-refractivity contribution is -0.114. The molecular weight excluding hydrogens is 168 g/mol. The van der Waals surface area contributed by atoms with Crippen molar-refractivity contribution in [1.29, 1.82) is 5.41 Å². The van der Waals surface area contributed by atoms with Crippen molar-refractivity contribution in [1.82, 2.24) is 5.32 Å². The number of rotatable bonds is 6. The summed E-state index contributed by atoms with van der Waals surface area (Å²) in [5, 5.41) is 9.72. The van der Waals surface area contributed by atoms with Crippen LogP contribution in [-0.2, 0) is 4.79 Å². The second-order valence-corrected chi connectivity index (χ2v) is 2.62. The molecule has 1 amide bonds. The number of hydrogen-bond acceptors (Lipinski definition) is 4. The number of hydrogen-bond donors (Lipinski definition) is 4. The predicted molar refractivity (Wildman–Crippen MR) is 52.1 cm³/mol. The summed E-state index contributed by atoms with van der Waals surface area (Å²) in [5.74, 6) is -0.507. The molecule has 0 radical (unpaired) electrons. The van der Waals surface area contributed by atoms with Crippen LogP contribution in [0.3, 0.4) is 0 Å². The largest absolute Gasteiger partial charge is 0.385 e. The van der Waals surface area contributed by atoms with E-state index in [-0.39, 0.29) is 11.4 Å². The zero-order valence-corrected chi connectivity index (χ0v) is 7.76. The smallest absolute Gasteiger partial charge is 0.253 e. The Kier molecular flexibility index (Phi) is 5.34. The summed E-state index contributed by atoms with van der Waals surface area (Å²) in [7, 11) is 0. The molecule has 0 saturated heterocycles. The summed E-state index contributed by atoms with van der Waals surface area (Å²) < 4.78 is 0. The lowest BCUT2D eigenvalue weighted by atomic mass is 10.2. The summed E-state index contributed by atoms with van der Waals surface area (Å²) in [6.07, 6.45) is 2.86. The van der Waals surface area contributed by atoms with Gasteiger partial charge in [0, 0.05) is 12.8 Å². The van der Waals surface area contributed by atoms with Gasteiger partial charge >= 0.3 is 0 Å². The maximum atomic E-state index is 10.7. The Bertz CT molecular complexity index is 222. The van der Waals surface area contributed by atoms with E-state index >= 15 is 0 Å². The fourth-order valence-electron chi connectivity index (χ4n) is 0.777. The number of carbonyl (C=O) groups is 1. The molecule has 5 heteroatoms. The Labute approximate surface area is 77.7 Å². The number of nitrogens with one attached hydrogen (secondary N) is 2. The van der Waals surface area contributed by atoms with Crippen molar-refractivity contribution in [2.75, 3.05) is 6.54 Å². The molecule has 0 unspecified atom stereocenters. The van der Waals surface area contributed by atoms with Crippen LogP contribution in [0.4, 0.5) is 0 Å². The molecule has 74 valence electrons. The maximum absolute atomic E-state index is 10.7. The molecule has 0 fully saturated rings. The van der Waals surface area contributed by atoms with Gasteiger partial charge in [-0.25, -0.2) is 0 Å². The van der Waals surface area contributed by atoms with E-state index in [1.165, 1.54) is 0 Å². The van der Waals surface area contributed by atoms with Gasteiger partial charge in [-0.1, -0.05) is 13.3 Å². The van der Waals surface area contributed by atoms with Crippen molar-refractivity contribution in [3.63, 3.8) is 0 Å². The zero-order chi connectivity index (χ0) is 10.3. The highest BCUT2D eigenvalue weighted by atomic mass is 16.1. The Morgan fingerprint density at radius 3 is 2.54 bits per heavy atom. The van der Waals surface area contributed by atoms with Gasteiger partial charge < -0.3 is 22.2 Å². The van der Waals surface area contributed by atoms with Crippen LogP contribution in [0.5, 0.6) is 0 Å². The third kappa shape index (κ3) is 4.15. The second-order valence-electron chi connectivity index (χ2n) is 2.62. The van der Waals surface area contributed by atoms with Crippen molar-refractivity contribution in [2.45, 2.75) is 19.8 Å². The first kappa shape index (κ1) is 11.5. The minimum Gasteiger partial charge on any atom is -0.385 e. The molecule has 0 aromatic carbocycles. The van der Waals surface area contributed by atoms with Gasteiger partial charge in [-0.3, -0.25) is 4.79 Å². The van der Waals surface area contributed by atoms with Crippen molar-refractivity contribution < 1.29 is 4.79 Å². The van der Waals surface area contributed by atoms with Crippen LogP contribution >= 0.6 is 0 Å². The molecule has 0 aromatic heterocycles. The first-order valence-corrected chi connectivity index (χ1v) is 4.17. The van der Waals surface area contributed by atoms with Gasteiger partial charge in [0.05, 0.1) is 5.57 Å². The van der Waals surface area contributed by atoms with E-state index < -0.39 is 5.91 Å². The predicted octanol–water partition coefficient (Wildman–Crippen LogP) is -0.319. The van der Waals surface area contributed by atoms with Crippen molar-refractivity contribution in [3.05, 3.63) is 11.4 Å². The highest BCUT2D eigenvalue weighted by molar-refractivity contribution is 6.11. The lowest BCUT2D eigenvalue weighted by Crippen LogP contribution is -2.28. The molecule has 0 spiro atoms. The summed E-state index contributed by atoms with van der Waals surface area (Å²) in [4.78, 5) is 10.7. The van der Waals surface area contributed by atoms with Gasteiger partial charge in [-0.15, -0.1) is 0 Å². The van der Waals surface area contributed by atoms with Crippen LogP contribution in [0.25, 0.3) is 0 Å². The average molecular weight is 184 g/mol. The fraction of sp³-hybridized carbons (Fsp3) is 0.500. The van der Waals surface area contributed by atoms with Gasteiger partial charge in [0.1, 0.15) is 5.82 Å². The van der Waals surface area contributed by atoms with Crippen LogP contribution in [0.1, 0.15) is 19.8 Å². The van der Waals surface area contributed by atoms with E-state index in [9.17, 15) is 4.79 Å². The minimum absolute atomic E-state index is 0.0242. The quantitative estimate of drug-likeness (QED) is 0.258. The maximum Gasteiger partial charge on any atom is 0.253 e. The standard InChI is InChI=1S/C8H16N4O/c1-2-3-4-12-7(10)6(5-9)8(11)13/h5,9,12H,2-4,10H2,1H3,(H2,11,13)/b7-6-,9-5?. The Morgan fingerprint density at radius 2 is 2.15 bits per heavy atom. The molecule has 6 N–H and O–H groups in total. The Balaban J connectivity index is 4.22. The Hall–Kier alpha value is -1.52. The molecule has 0 saturated carbocycles. The highest BCUT2D eigenvalue weighted by Gasteiger charge is 2.05. The van der Waals surface area contributed by atoms with E-state index in [0.29, 0.717) is 6.54 Å². The van der Waals surface area contributed by atoms with E-state index in [1.807, 2.05) is 6.92 Å². The van der Waals surface area contributed by atoms with Crippen molar-refractivity contribution in [3.8, 4) is 0 Å². The summed E-state index contributed by atoms with van der Waals surface area (Å²) >= 11 is 0. The van der Waals surface area contributed by atoms with E-state index in [1.54, 1.807) is 0 Å². The number of nitrogens with two attached hydrogens (primary N) is 2. The van der Waals surface area contributed by atoms with Gasteiger partial charge in [0.2, 0.25) is 0 Å². The lowest BCUT2D eigenvalue weighted by Gasteiger charge is -2.07. The third-order valence-corrected chi connectivity index (χ3v) is 1.55. The SMILES string of the molecule is CCCCN/C(N)=C(/C=N)C(N)=O. The molecule has 0 aliphatic heterocycles. The molecular formula is C8H16N4O. The molecule has 0 aliphatic carbocycles. The molecule has 0 rings (SSSR count). The fourth-order valence-corrected chi connectivity index (χ4v) is 0.777. The molecule has 0 aromatic rings. The van der Waals surface area contributed by atoms with Crippen LogP contribution in [-0.4, -0.2) is 18.7 Å². The molecule has 0 bridgehead atoms. The van der Waals surface area contributed by atoms with Gasteiger partial charge in [-0.05, 0) is 6.42 Å². The molecule has 0 aliphatic rings. The molecule has 0 atom stereocenters. The Morgan fingerprint density at radius 1 is 1.54 bits per heavy atom. The van der Waals surface area contributed by atoms with E-state index in [0.717, 1.165) is 19.1 Å². The van der Waals surface area contributed by atoms with Gasteiger partial charge in [-0.2, -0.15) is 0 Å². The minimum atomic E-state index is -0.684. The van der Waals surface area contributed by atoms with Crippen molar-refractivity contribution >= 4 is 12.1 Å². The van der Waals surface area contributed by atoms with E-state index in [4.69, 9.17) is 16.9 Å². The van der Waals surface area contributed by atoms with Crippen molar-refractivity contribution in [2.24, 2.45) is 11.5 Å². The van der Waals surface area contributed by atoms with Gasteiger partial charge in [0.25, 0.3) is 5.91 Å². The molecule has 5 nitrogen and oxygen atoms in total. The first-order valence-electron chi connectivity index (χ1n) is 4.17. The summed E-state index contributed by atoms with van der Waals surface area (Å²) in [6.45, 7) is 2.74.